The van der Waals surface area contributed by atoms with E-state index >= 15 is 0 Å². The Bertz CT molecular complexity index is 643. The van der Waals surface area contributed by atoms with Gasteiger partial charge in [-0.2, -0.15) is 0 Å². The Morgan fingerprint density at radius 2 is 1.92 bits per heavy atom. The number of unbranched alkanes of at least 4 members (excludes halogenated alkanes) is 2. The summed E-state index contributed by atoms with van der Waals surface area (Å²) >= 11 is 5.88. The maximum absolute atomic E-state index is 12.1. The fourth-order valence-corrected chi connectivity index (χ4v) is 2.47. The van der Waals surface area contributed by atoms with Crippen molar-refractivity contribution in [1.82, 2.24) is 10.3 Å². The monoisotopic (exact) mass is 345 g/mol. The quantitative estimate of drug-likeness (QED) is 0.666. The van der Waals surface area contributed by atoms with Gasteiger partial charge in [0.2, 0.25) is 0 Å². The third-order valence-corrected chi connectivity index (χ3v) is 3.97. The predicted molar refractivity (Wildman–Crippen MR) is 99.7 cm³/mol. The topological polar surface area (TPSA) is 54.0 Å². The van der Waals surface area contributed by atoms with Crippen LogP contribution in [0.15, 0.2) is 42.7 Å². The summed E-state index contributed by atoms with van der Waals surface area (Å²) in [5.41, 5.74) is 2.65. The van der Waals surface area contributed by atoms with Gasteiger partial charge in [-0.1, -0.05) is 43.5 Å². The van der Waals surface area contributed by atoms with Gasteiger partial charge in [-0.25, -0.2) is 0 Å². The van der Waals surface area contributed by atoms with Gasteiger partial charge in [0.05, 0.1) is 11.3 Å². The molecule has 1 aromatic heterocycles. The number of hydrogen-bond donors (Lipinski definition) is 2. The molecule has 0 saturated carbocycles. The number of carbonyl (C=O) groups excluding carboxylic acids is 1. The van der Waals surface area contributed by atoms with E-state index in [0.29, 0.717) is 12.1 Å². The molecule has 24 heavy (non-hydrogen) atoms. The molecule has 0 unspecified atom stereocenters. The molecular formula is C19H24ClN3O. The minimum atomic E-state index is -0.0695. The summed E-state index contributed by atoms with van der Waals surface area (Å²) in [6.45, 7) is 3.62. The molecule has 128 valence electrons. The number of amides is 1. The van der Waals surface area contributed by atoms with E-state index in [-0.39, 0.29) is 5.91 Å². The average molecular weight is 346 g/mol. The van der Waals surface area contributed by atoms with Crippen LogP contribution in [0.1, 0.15) is 42.1 Å². The van der Waals surface area contributed by atoms with Crippen molar-refractivity contribution in [3.05, 3.63) is 58.9 Å². The van der Waals surface area contributed by atoms with E-state index in [9.17, 15) is 4.79 Å². The molecule has 0 fully saturated rings. The van der Waals surface area contributed by atoms with E-state index in [0.717, 1.165) is 42.9 Å². The van der Waals surface area contributed by atoms with Gasteiger partial charge in [0, 0.05) is 30.5 Å². The second-order valence-corrected chi connectivity index (χ2v) is 6.16. The zero-order valence-corrected chi connectivity index (χ0v) is 14.8. The summed E-state index contributed by atoms with van der Waals surface area (Å²) in [5.74, 6) is -0.0695. The van der Waals surface area contributed by atoms with Gasteiger partial charge >= 0.3 is 0 Å². The normalized spacial score (nSPS) is 10.4. The number of aromatic nitrogens is 1. The van der Waals surface area contributed by atoms with Crippen LogP contribution in [0.2, 0.25) is 5.02 Å². The molecule has 2 aromatic rings. The van der Waals surface area contributed by atoms with Crippen molar-refractivity contribution < 1.29 is 4.79 Å². The number of nitrogens with one attached hydrogen (secondary N) is 2. The zero-order chi connectivity index (χ0) is 17.2. The maximum atomic E-state index is 12.1. The van der Waals surface area contributed by atoms with Gasteiger partial charge in [-0.05, 0) is 36.6 Å². The molecule has 5 heteroatoms. The van der Waals surface area contributed by atoms with Crippen LogP contribution in [-0.4, -0.2) is 24.0 Å². The Balaban J connectivity index is 1.81. The first-order chi connectivity index (χ1) is 11.7. The molecule has 0 aliphatic heterocycles. The minimum Gasteiger partial charge on any atom is -0.383 e. The lowest BCUT2D eigenvalue weighted by molar-refractivity contribution is 0.0952. The Morgan fingerprint density at radius 1 is 1.12 bits per heavy atom. The average Bonchev–Trinajstić information content (AvgIpc) is 2.60. The van der Waals surface area contributed by atoms with Crippen molar-refractivity contribution in [2.45, 2.75) is 32.6 Å². The lowest BCUT2D eigenvalue weighted by Crippen LogP contribution is -2.24. The highest BCUT2D eigenvalue weighted by Crippen LogP contribution is 2.11. The molecule has 0 saturated heterocycles. The predicted octanol–water partition coefficient (Wildman–Crippen LogP) is 4.31. The molecule has 4 nitrogen and oxygen atoms in total. The number of rotatable bonds is 9. The van der Waals surface area contributed by atoms with Gasteiger partial charge < -0.3 is 10.6 Å². The molecular weight excluding hydrogens is 322 g/mol. The number of nitrogens with zero attached hydrogens (tertiary/aromatic N) is 1. The Kier molecular flexibility index (Phi) is 7.56. The van der Waals surface area contributed by atoms with Gasteiger partial charge in [0.25, 0.3) is 5.91 Å². The summed E-state index contributed by atoms with van der Waals surface area (Å²) in [6.07, 6.45) is 7.49. The van der Waals surface area contributed by atoms with Crippen molar-refractivity contribution in [2.75, 3.05) is 18.4 Å². The SMILES string of the molecule is CCCCCNC(=O)c1cncc(NCCc2ccc(Cl)cc2)c1. The second kappa shape index (κ2) is 9.93. The molecule has 0 spiro atoms. The number of hydrogen-bond acceptors (Lipinski definition) is 3. The number of anilines is 1. The summed E-state index contributed by atoms with van der Waals surface area (Å²) in [7, 11) is 0. The summed E-state index contributed by atoms with van der Waals surface area (Å²) in [4.78, 5) is 16.2. The summed E-state index contributed by atoms with van der Waals surface area (Å²) < 4.78 is 0. The van der Waals surface area contributed by atoms with Crippen molar-refractivity contribution in [3.8, 4) is 0 Å². The van der Waals surface area contributed by atoms with Crippen LogP contribution in [0.4, 0.5) is 5.69 Å². The molecule has 2 rings (SSSR count). The van der Waals surface area contributed by atoms with E-state index in [1.54, 1.807) is 12.4 Å². The highest BCUT2D eigenvalue weighted by atomic mass is 35.5. The third kappa shape index (κ3) is 6.20. The van der Waals surface area contributed by atoms with Crippen molar-refractivity contribution in [2.24, 2.45) is 0 Å². The molecule has 2 N–H and O–H groups in total. The minimum absolute atomic E-state index is 0.0695. The van der Waals surface area contributed by atoms with E-state index in [1.165, 1.54) is 5.56 Å². The highest BCUT2D eigenvalue weighted by molar-refractivity contribution is 6.30. The number of halogens is 1. The standard InChI is InChI=1S/C19H24ClN3O/c1-2-3-4-10-23-19(24)16-12-18(14-21-13-16)22-11-9-15-5-7-17(20)8-6-15/h5-8,12-14,22H,2-4,9-11H2,1H3,(H,23,24). The molecule has 0 aliphatic carbocycles. The fourth-order valence-electron chi connectivity index (χ4n) is 2.34. The first-order valence-electron chi connectivity index (χ1n) is 8.40. The maximum Gasteiger partial charge on any atom is 0.252 e. The lowest BCUT2D eigenvalue weighted by atomic mass is 10.1. The Morgan fingerprint density at radius 3 is 2.67 bits per heavy atom. The highest BCUT2D eigenvalue weighted by Gasteiger charge is 2.06. The zero-order valence-electron chi connectivity index (χ0n) is 14.0. The first kappa shape index (κ1) is 18.3. The summed E-state index contributed by atoms with van der Waals surface area (Å²) in [5, 5.41) is 6.98. The molecule has 1 aromatic carbocycles. The van der Waals surface area contributed by atoms with Gasteiger partial charge in [-0.3, -0.25) is 9.78 Å². The van der Waals surface area contributed by atoms with E-state index < -0.39 is 0 Å². The second-order valence-electron chi connectivity index (χ2n) is 5.73. The molecule has 1 amide bonds. The van der Waals surface area contributed by atoms with Crippen molar-refractivity contribution in [1.29, 1.82) is 0 Å². The molecule has 1 heterocycles. The fraction of sp³-hybridized carbons (Fsp3) is 0.368. The lowest BCUT2D eigenvalue weighted by Gasteiger charge is -2.09. The van der Waals surface area contributed by atoms with E-state index in [4.69, 9.17) is 11.6 Å². The van der Waals surface area contributed by atoms with Crippen LogP contribution in [0, 0.1) is 0 Å². The number of benzene rings is 1. The molecule has 0 atom stereocenters. The van der Waals surface area contributed by atoms with E-state index in [1.807, 2.05) is 30.3 Å². The van der Waals surface area contributed by atoms with Crippen molar-refractivity contribution >= 4 is 23.2 Å². The van der Waals surface area contributed by atoms with Crippen LogP contribution in [0.3, 0.4) is 0 Å². The molecule has 0 aliphatic rings. The largest absolute Gasteiger partial charge is 0.383 e. The van der Waals surface area contributed by atoms with Crippen LogP contribution < -0.4 is 10.6 Å². The van der Waals surface area contributed by atoms with Crippen LogP contribution in [0.25, 0.3) is 0 Å². The van der Waals surface area contributed by atoms with Gasteiger partial charge in [0.1, 0.15) is 0 Å². The smallest absolute Gasteiger partial charge is 0.252 e. The van der Waals surface area contributed by atoms with Crippen LogP contribution in [0.5, 0.6) is 0 Å². The molecule has 0 radical (unpaired) electrons. The van der Waals surface area contributed by atoms with Crippen LogP contribution in [-0.2, 0) is 6.42 Å². The van der Waals surface area contributed by atoms with Crippen LogP contribution >= 0.6 is 11.6 Å². The Hall–Kier alpha value is -2.07. The van der Waals surface area contributed by atoms with Gasteiger partial charge in [-0.15, -0.1) is 0 Å². The number of carbonyl (C=O) groups is 1. The number of pyridine rings is 1. The Labute approximate surface area is 148 Å². The summed E-state index contributed by atoms with van der Waals surface area (Å²) in [6, 6.07) is 9.65. The van der Waals surface area contributed by atoms with Gasteiger partial charge in [0.15, 0.2) is 0 Å². The molecule has 0 bridgehead atoms. The first-order valence-corrected chi connectivity index (χ1v) is 8.78. The van der Waals surface area contributed by atoms with Crippen molar-refractivity contribution in [3.63, 3.8) is 0 Å². The van der Waals surface area contributed by atoms with E-state index in [2.05, 4.69) is 22.5 Å². The third-order valence-electron chi connectivity index (χ3n) is 3.72.